The summed E-state index contributed by atoms with van der Waals surface area (Å²) in [5, 5.41) is 0. The third-order valence-electron chi connectivity index (χ3n) is 5.45. The van der Waals surface area contributed by atoms with Crippen molar-refractivity contribution in [3.63, 3.8) is 0 Å². The van der Waals surface area contributed by atoms with E-state index >= 15 is 0 Å². The predicted octanol–water partition coefficient (Wildman–Crippen LogP) is 4.28. The highest BCUT2D eigenvalue weighted by Crippen LogP contribution is 2.28. The molecule has 154 valence electrons. The summed E-state index contributed by atoms with van der Waals surface area (Å²) >= 11 is 0. The molecule has 1 atom stereocenters. The molecule has 1 aliphatic rings. The van der Waals surface area contributed by atoms with E-state index in [1.807, 2.05) is 49.3 Å². The molecule has 0 aliphatic carbocycles. The van der Waals surface area contributed by atoms with Gasteiger partial charge in [0.2, 0.25) is 0 Å². The van der Waals surface area contributed by atoms with E-state index in [2.05, 4.69) is 29.8 Å². The van der Waals surface area contributed by atoms with Crippen LogP contribution >= 0.6 is 0 Å². The van der Waals surface area contributed by atoms with E-state index in [0.717, 1.165) is 29.8 Å². The van der Waals surface area contributed by atoms with E-state index in [-0.39, 0.29) is 17.6 Å². The summed E-state index contributed by atoms with van der Waals surface area (Å²) in [5.74, 6) is 0.572. The summed E-state index contributed by atoms with van der Waals surface area (Å²) in [5.41, 5.74) is 3.54. The summed E-state index contributed by atoms with van der Waals surface area (Å²) in [6, 6.07) is 11.8. The number of likely N-dealkylation sites (tertiary alicyclic amines) is 1. The molecule has 29 heavy (non-hydrogen) atoms. The average molecular weight is 394 g/mol. The molecular formula is C24H31N3O2. The monoisotopic (exact) mass is 393 g/mol. The number of hydrogen-bond acceptors (Lipinski definition) is 4. The molecule has 2 heterocycles. The van der Waals surface area contributed by atoms with Crippen LogP contribution < -0.4 is 4.90 Å². The first-order valence-corrected chi connectivity index (χ1v) is 10.4. The van der Waals surface area contributed by atoms with Gasteiger partial charge in [0.1, 0.15) is 5.78 Å². The van der Waals surface area contributed by atoms with E-state index in [1.54, 1.807) is 6.20 Å². The van der Waals surface area contributed by atoms with Gasteiger partial charge in [-0.2, -0.15) is 0 Å². The van der Waals surface area contributed by atoms with Crippen LogP contribution in [0.4, 0.5) is 5.69 Å². The molecule has 1 saturated heterocycles. The van der Waals surface area contributed by atoms with Gasteiger partial charge in [-0.3, -0.25) is 14.6 Å². The van der Waals surface area contributed by atoms with Gasteiger partial charge in [0.15, 0.2) is 0 Å². The Hall–Kier alpha value is -2.69. The van der Waals surface area contributed by atoms with E-state index in [4.69, 9.17) is 0 Å². The average Bonchev–Trinajstić information content (AvgIpc) is 2.73. The standard InChI is InChI=1S/C24H31N3O2/c1-17(2)14-23(28)19-8-7-13-27(16-19)24(29)18-11-12-21(25-15-18)20-9-5-6-10-22(20)26(3)4/h5-6,9-12,15,17,19H,7-8,13-14,16H2,1-4H3/t19-/m1/s1. The van der Waals surface area contributed by atoms with Crippen molar-refractivity contribution in [1.82, 2.24) is 9.88 Å². The van der Waals surface area contributed by atoms with Crippen LogP contribution in [0.25, 0.3) is 11.3 Å². The number of benzene rings is 1. The third-order valence-corrected chi connectivity index (χ3v) is 5.45. The van der Waals surface area contributed by atoms with Crippen LogP contribution in [0, 0.1) is 11.8 Å². The number of anilines is 1. The van der Waals surface area contributed by atoms with Crippen molar-refractivity contribution in [3.05, 3.63) is 48.2 Å². The van der Waals surface area contributed by atoms with Crippen molar-refractivity contribution < 1.29 is 9.59 Å². The molecule has 3 rings (SSSR count). The molecule has 0 saturated carbocycles. The fourth-order valence-corrected chi connectivity index (χ4v) is 3.94. The van der Waals surface area contributed by atoms with Crippen molar-refractivity contribution in [3.8, 4) is 11.3 Å². The Bertz CT molecular complexity index is 859. The lowest BCUT2D eigenvalue weighted by molar-refractivity contribution is -0.124. The first-order chi connectivity index (χ1) is 13.9. The topological polar surface area (TPSA) is 53.5 Å². The van der Waals surface area contributed by atoms with Gasteiger partial charge in [-0.05, 0) is 37.0 Å². The zero-order chi connectivity index (χ0) is 21.0. The lowest BCUT2D eigenvalue weighted by atomic mass is 9.89. The lowest BCUT2D eigenvalue weighted by Gasteiger charge is -2.32. The predicted molar refractivity (Wildman–Crippen MR) is 117 cm³/mol. The Labute approximate surface area is 173 Å². The highest BCUT2D eigenvalue weighted by Gasteiger charge is 2.29. The zero-order valence-corrected chi connectivity index (χ0v) is 17.9. The minimum absolute atomic E-state index is 0.0331. The molecule has 1 aromatic heterocycles. The second-order valence-electron chi connectivity index (χ2n) is 8.50. The molecule has 1 amide bonds. The molecule has 2 aromatic rings. The maximum Gasteiger partial charge on any atom is 0.255 e. The SMILES string of the molecule is CC(C)CC(=O)[C@@H]1CCCN(C(=O)c2ccc(-c3ccccc3N(C)C)nc2)C1. The zero-order valence-electron chi connectivity index (χ0n) is 17.9. The van der Waals surface area contributed by atoms with Crippen molar-refractivity contribution >= 4 is 17.4 Å². The fourth-order valence-electron chi connectivity index (χ4n) is 3.94. The Morgan fingerprint density at radius 2 is 1.93 bits per heavy atom. The smallest absolute Gasteiger partial charge is 0.255 e. The second-order valence-corrected chi connectivity index (χ2v) is 8.50. The fraction of sp³-hybridized carbons (Fsp3) is 0.458. The van der Waals surface area contributed by atoms with E-state index in [0.29, 0.717) is 31.0 Å². The van der Waals surface area contributed by atoms with E-state index in [9.17, 15) is 9.59 Å². The molecule has 1 fully saturated rings. The number of rotatable bonds is 6. The van der Waals surface area contributed by atoms with Crippen LogP contribution in [0.5, 0.6) is 0 Å². The molecule has 0 N–H and O–H groups in total. The van der Waals surface area contributed by atoms with Crippen LogP contribution in [0.1, 0.15) is 43.5 Å². The Morgan fingerprint density at radius 3 is 2.59 bits per heavy atom. The summed E-state index contributed by atoms with van der Waals surface area (Å²) in [4.78, 5) is 33.9. The van der Waals surface area contributed by atoms with Crippen LogP contribution in [0.3, 0.4) is 0 Å². The second kappa shape index (κ2) is 9.21. The van der Waals surface area contributed by atoms with Crippen LogP contribution in [-0.4, -0.2) is 48.8 Å². The van der Waals surface area contributed by atoms with Gasteiger partial charge >= 0.3 is 0 Å². The number of carbonyl (C=O) groups is 2. The number of nitrogens with zero attached hydrogens (tertiary/aromatic N) is 3. The number of para-hydroxylation sites is 1. The van der Waals surface area contributed by atoms with Crippen molar-refractivity contribution in [1.29, 1.82) is 0 Å². The summed E-state index contributed by atoms with van der Waals surface area (Å²) < 4.78 is 0. The van der Waals surface area contributed by atoms with Crippen LogP contribution in [-0.2, 0) is 4.79 Å². The Morgan fingerprint density at radius 1 is 1.17 bits per heavy atom. The number of carbonyl (C=O) groups excluding carboxylic acids is 2. The molecule has 1 aliphatic heterocycles. The minimum atomic E-state index is -0.0352. The van der Waals surface area contributed by atoms with Crippen molar-refractivity contribution in [2.24, 2.45) is 11.8 Å². The van der Waals surface area contributed by atoms with Gasteiger partial charge in [-0.25, -0.2) is 0 Å². The summed E-state index contributed by atoms with van der Waals surface area (Å²) in [6.45, 7) is 5.35. The first kappa shape index (κ1) is 21.0. The number of hydrogen-bond donors (Lipinski definition) is 0. The van der Waals surface area contributed by atoms with Gasteiger partial charge < -0.3 is 9.80 Å². The highest BCUT2D eigenvalue weighted by atomic mass is 16.2. The molecule has 0 radical (unpaired) electrons. The number of pyridine rings is 1. The van der Waals surface area contributed by atoms with Crippen LogP contribution in [0.2, 0.25) is 0 Å². The van der Waals surface area contributed by atoms with E-state index < -0.39 is 0 Å². The quantitative estimate of drug-likeness (QED) is 0.735. The summed E-state index contributed by atoms with van der Waals surface area (Å²) in [7, 11) is 4.01. The van der Waals surface area contributed by atoms with E-state index in [1.165, 1.54) is 0 Å². The highest BCUT2D eigenvalue weighted by molar-refractivity contribution is 5.95. The van der Waals surface area contributed by atoms with Gasteiger partial charge in [0.25, 0.3) is 5.91 Å². The van der Waals surface area contributed by atoms with Crippen molar-refractivity contribution in [2.75, 3.05) is 32.1 Å². The van der Waals surface area contributed by atoms with Gasteiger partial charge in [-0.1, -0.05) is 32.0 Å². The molecule has 0 spiro atoms. The van der Waals surface area contributed by atoms with Crippen LogP contribution in [0.15, 0.2) is 42.6 Å². The number of aromatic nitrogens is 1. The van der Waals surface area contributed by atoms with Gasteiger partial charge in [0, 0.05) is 57.0 Å². The molecule has 5 heteroatoms. The molecule has 0 unspecified atom stereocenters. The number of piperidine rings is 1. The molecule has 0 bridgehead atoms. The lowest BCUT2D eigenvalue weighted by Crippen LogP contribution is -2.42. The normalized spacial score (nSPS) is 16.7. The van der Waals surface area contributed by atoms with Gasteiger partial charge in [-0.15, -0.1) is 0 Å². The summed E-state index contributed by atoms with van der Waals surface area (Å²) in [6.07, 6.45) is 4.01. The number of ketones is 1. The molecule has 5 nitrogen and oxygen atoms in total. The first-order valence-electron chi connectivity index (χ1n) is 10.4. The maximum absolute atomic E-state index is 13.0. The Balaban J connectivity index is 1.73. The third kappa shape index (κ3) is 5.03. The number of Topliss-reactive ketones (excluding diaryl/α,β-unsaturated/α-hetero) is 1. The number of amides is 1. The molecular weight excluding hydrogens is 362 g/mol. The van der Waals surface area contributed by atoms with Crippen molar-refractivity contribution in [2.45, 2.75) is 33.1 Å². The maximum atomic E-state index is 13.0. The van der Waals surface area contributed by atoms with Gasteiger partial charge in [0.05, 0.1) is 11.3 Å². The largest absolute Gasteiger partial charge is 0.377 e. The Kier molecular flexibility index (Phi) is 6.68. The minimum Gasteiger partial charge on any atom is -0.377 e. The molecule has 1 aromatic carbocycles.